The molecule has 1 N–H and O–H groups in total. The van der Waals surface area contributed by atoms with E-state index in [1.165, 1.54) is 5.01 Å². The van der Waals surface area contributed by atoms with E-state index in [2.05, 4.69) is 4.98 Å². The Hall–Kier alpha value is -3.90. The highest BCUT2D eigenvalue weighted by Gasteiger charge is 2.36. The van der Waals surface area contributed by atoms with Crippen LogP contribution in [-0.4, -0.2) is 28.2 Å². The maximum Gasteiger partial charge on any atom is 0.258 e. The van der Waals surface area contributed by atoms with Crippen molar-refractivity contribution < 1.29 is 9.53 Å². The molecule has 4 aromatic rings. The Labute approximate surface area is 214 Å². The Morgan fingerprint density at radius 1 is 1.06 bits per heavy atom. The van der Waals surface area contributed by atoms with Gasteiger partial charge in [-0.3, -0.25) is 9.59 Å². The van der Waals surface area contributed by atoms with Crippen LogP contribution in [0, 0.1) is 0 Å². The van der Waals surface area contributed by atoms with Gasteiger partial charge in [-0.25, -0.2) is 5.01 Å². The number of aromatic amines is 1. The molecule has 36 heavy (non-hydrogen) atoms. The fourth-order valence-corrected chi connectivity index (χ4v) is 4.96. The number of halogens is 1. The second-order valence-corrected chi connectivity index (χ2v) is 9.03. The molecule has 0 saturated heterocycles. The summed E-state index contributed by atoms with van der Waals surface area (Å²) in [6.07, 6.45) is 0.671. The molecule has 2 heterocycles. The van der Waals surface area contributed by atoms with E-state index in [0.717, 1.165) is 22.1 Å². The molecular weight excluding hydrogens is 474 g/mol. The Kier molecular flexibility index (Phi) is 6.61. The van der Waals surface area contributed by atoms with Crippen LogP contribution in [0.3, 0.4) is 0 Å². The summed E-state index contributed by atoms with van der Waals surface area (Å²) in [4.78, 5) is 29.6. The summed E-state index contributed by atoms with van der Waals surface area (Å²) in [5.41, 5.74) is 3.91. The lowest BCUT2D eigenvalue weighted by atomic mass is 9.91. The van der Waals surface area contributed by atoms with Crippen LogP contribution >= 0.6 is 11.6 Å². The van der Waals surface area contributed by atoms with Crippen LogP contribution < -0.4 is 10.3 Å². The number of amides is 1. The van der Waals surface area contributed by atoms with E-state index in [1.54, 1.807) is 12.1 Å². The zero-order chi connectivity index (χ0) is 25.2. The third-order valence-corrected chi connectivity index (χ3v) is 6.61. The van der Waals surface area contributed by atoms with Crippen LogP contribution in [0.4, 0.5) is 0 Å². The van der Waals surface area contributed by atoms with Crippen molar-refractivity contribution in [3.63, 3.8) is 0 Å². The molecule has 6 nitrogen and oxygen atoms in total. The molecular formula is C29H26ClN3O3. The first-order chi connectivity index (χ1) is 17.5. The molecule has 0 unspecified atom stereocenters. The summed E-state index contributed by atoms with van der Waals surface area (Å²) < 4.78 is 5.87. The topological polar surface area (TPSA) is 74.8 Å². The molecule has 1 aromatic heterocycles. The van der Waals surface area contributed by atoms with Gasteiger partial charge in [-0.1, -0.05) is 67.1 Å². The highest BCUT2D eigenvalue weighted by atomic mass is 35.5. The predicted molar refractivity (Wildman–Crippen MR) is 144 cm³/mol. The SMILES string of the molecule is CCOc1ccccc1[C@@H]1CC(c2c(-c3ccccc3)c3cc(Cl)ccc3[nH]c2=O)=NN1C(=O)CC. The predicted octanol–water partition coefficient (Wildman–Crippen LogP) is 6.33. The van der Waals surface area contributed by atoms with Crippen molar-refractivity contribution in [2.45, 2.75) is 32.7 Å². The second-order valence-electron chi connectivity index (χ2n) is 8.59. The quantitative estimate of drug-likeness (QED) is 0.336. The zero-order valence-corrected chi connectivity index (χ0v) is 20.9. The van der Waals surface area contributed by atoms with E-state index < -0.39 is 0 Å². The molecule has 1 aliphatic heterocycles. The number of nitrogens with zero attached hydrogens (tertiary/aromatic N) is 2. The number of H-pyrrole nitrogens is 1. The van der Waals surface area contributed by atoms with Gasteiger partial charge >= 0.3 is 0 Å². The largest absolute Gasteiger partial charge is 0.494 e. The molecule has 3 aromatic carbocycles. The molecule has 1 amide bonds. The van der Waals surface area contributed by atoms with Crippen molar-refractivity contribution in [1.82, 2.24) is 9.99 Å². The molecule has 1 aliphatic rings. The lowest BCUT2D eigenvalue weighted by molar-refractivity contribution is -0.132. The van der Waals surface area contributed by atoms with Gasteiger partial charge in [0.05, 0.1) is 23.9 Å². The maximum atomic E-state index is 13.6. The third-order valence-electron chi connectivity index (χ3n) is 6.37. The molecule has 182 valence electrons. The number of carbonyl (C=O) groups is 1. The summed E-state index contributed by atoms with van der Waals surface area (Å²) in [5.74, 6) is 0.584. The molecule has 0 aliphatic carbocycles. The molecule has 1 atom stereocenters. The van der Waals surface area contributed by atoms with Gasteiger partial charge in [0.2, 0.25) is 5.91 Å². The van der Waals surface area contributed by atoms with E-state index in [9.17, 15) is 9.59 Å². The number of fused-ring (bicyclic) bond motifs is 1. The molecule has 0 saturated carbocycles. The lowest BCUT2D eigenvalue weighted by Crippen LogP contribution is -2.26. The van der Waals surface area contributed by atoms with Crippen LogP contribution in [0.1, 0.15) is 43.9 Å². The van der Waals surface area contributed by atoms with Crippen molar-refractivity contribution >= 4 is 34.1 Å². The number of hydrogen-bond donors (Lipinski definition) is 1. The first-order valence-electron chi connectivity index (χ1n) is 12.0. The minimum Gasteiger partial charge on any atom is -0.494 e. The molecule has 5 rings (SSSR count). The van der Waals surface area contributed by atoms with Crippen LogP contribution in [0.25, 0.3) is 22.0 Å². The van der Waals surface area contributed by atoms with E-state index in [1.807, 2.05) is 74.5 Å². The number of hydrogen-bond acceptors (Lipinski definition) is 4. The zero-order valence-electron chi connectivity index (χ0n) is 20.1. The number of benzene rings is 3. The summed E-state index contributed by atoms with van der Waals surface area (Å²) in [6, 6.07) is 22.4. The van der Waals surface area contributed by atoms with Gasteiger partial charge in [0, 0.05) is 39.9 Å². The Morgan fingerprint density at radius 3 is 2.56 bits per heavy atom. The normalized spacial score (nSPS) is 15.2. The molecule has 0 spiro atoms. The van der Waals surface area contributed by atoms with Gasteiger partial charge in [-0.15, -0.1) is 0 Å². The van der Waals surface area contributed by atoms with Gasteiger partial charge in [0.25, 0.3) is 5.56 Å². The third kappa shape index (κ3) is 4.29. The highest BCUT2D eigenvalue weighted by Crippen LogP contribution is 2.40. The first kappa shape index (κ1) is 23.8. The van der Waals surface area contributed by atoms with Crippen molar-refractivity contribution in [3.05, 3.63) is 99.3 Å². The average molecular weight is 500 g/mol. The number of rotatable bonds is 6. The average Bonchev–Trinajstić information content (AvgIpc) is 3.33. The van der Waals surface area contributed by atoms with Crippen molar-refractivity contribution in [2.75, 3.05) is 6.61 Å². The standard InChI is InChI=1S/C29H26ClN3O3/c1-3-26(34)33-24(20-12-8-9-13-25(20)36-4-2)17-23(32-33)28-27(18-10-6-5-7-11-18)21-16-19(30)14-15-22(21)31-29(28)35/h5-16,24H,3-4,17H2,1-2H3,(H,31,35)/t24-/m0/s1. The fourth-order valence-electron chi connectivity index (χ4n) is 4.78. The van der Waals surface area contributed by atoms with Crippen LogP contribution in [0.2, 0.25) is 5.02 Å². The number of carbonyl (C=O) groups excluding carboxylic acids is 1. The molecule has 0 fully saturated rings. The summed E-state index contributed by atoms with van der Waals surface area (Å²) >= 11 is 6.37. The van der Waals surface area contributed by atoms with E-state index in [0.29, 0.717) is 47.0 Å². The van der Waals surface area contributed by atoms with E-state index in [4.69, 9.17) is 21.4 Å². The summed E-state index contributed by atoms with van der Waals surface area (Å²) in [7, 11) is 0. The Morgan fingerprint density at radius 2 is 1.81 bits per heavy atom. The number of aromatic nitrogens is 1. The maximum absolute atomic E-state index is 13.6. The van der Waals surface area contributed by atoms with Crippen molar-refractivity contribution in [1.29, 1.82) is 0 Å². The van der Waals surface area contributed by atoms with Crippen molar-refractivity contribution in [3.8, 4) is 16.9 Å². The van der Waals surface area contributed by atoms with Gasteiger partial charge in [0.1, 0.15) is 5.75 Å². The Balaban J connectivity index is 1.73. The number of ether oxygens (including phenoxy) is 1. The molecule has 7 heteroatoms. The van der Waals surface area contributed by atoms with Crippen LogP contribution in [0.5, 0.6) is 5.75 Å². The first-order valence-corrected chi connectivity index (χ1v) is 12.4. The summed E-state index contributed by atoms with van der Waals surface area (Å²) in [5, 5.41) is 7.64. The van der Waals surface area contributed by atoms with Gasteiger partial charge in [0.15, 0.2) is 0 Å². The van der Waals surface area contributed by atoms with Gasteiger partial charge in [-0.05, 0) is 36.8 Å². The van der Waals surface area contributed by atoms with Crippen LogP contribution in [0.15, 0.2) is 82.7 Å². The lowest BCUT2D eigenvalue weighted by Gasteiger charge is -2.23. The van der Waals surface area contributed by atoms with Gasteiger partial charge < -0.3 is 9.72 Å². The Bertz CT molecular complexity index is 1530. The summed E-state index contributed by atoms with van der Waals surface area (Å²) in [6.45, 7) is 4.23. The number of hydrazone groups is 1. The van der Waals surface area contributed by atoms with Crippen molar-refractivity contribution in [2.24, 2.45) is 5.10 Å². The van der Waals surface area contributed by atoms with Gasteiger partial charge in [-0.2, -0.15) is 5.10 Å². The highest BCUT2D eigenvalue weighted by molar-refractivity contribution is 6.31. The van der Waals surface area contributed by atoms with E-state index >= 15 is 0 Å². The number of nitrogens with one attached hydrogen (secondary N) is 1. The monoisotopic (exact) mass is 499 g/mol. The minimum atomic E-state index is -0.381. The molecule has 0 bridgehead atoms. The minimum absolute atomic E-state index is 0.122. The smallest absolute Gasteiger partial charge is 0.258 e. The van der Waals surface area contributed by atoms with Crippen LogP contribution in [-0.2, 0) is 4.79 Å². The number of pyridine rings is 1. The number of para-hydroxylation sites is 1. The van der Waals surface area contributed by atoms with E-state index in [-0.39, 0.29) is 17.5 Å². The molecule has 0 radical (unpaired) electrons. The second kappa shape index (κ2) is 9.99. The fraction of sp³-hybridized carbons (Fsp3) is 0.207.